The van der Waals surface area contributed by atoms with E-state index in [4.69, 9.17) is 17.3 Å². The lowest BCUT2D eigenvalue weighted by molar-refractivity contribution is 0.799. The number of nitrogen functional groups attached to an aromatic ring is 1. The van der Waals surface area contributed by atoms with E-state index in [1.165, 1.54) is 4.68 Å². The summed E-state index contributed by atoms with van der Waals surface area (Å²) in [6.45, 7) is 0. The molecular weight excluding hydrogens is 271 g/mol. The van der Waals surface area contributed by atoms with Crippen molar-refractivity contribution in [3.8, 4) is 5.95 Å². The number of halogens is 2. The second-order valence-electron chi connectivity index (χ2n) is 2.37. The van der Waals surface area contributed by atoms with Crippen molar-refractivity contribution in [3.63, 3.8) is 0 Å². The van der Waals surface area contributed by atoms with E-state index in [1.807, 2.05) is 0 Å². The Labute approximate surface area is 92.3 Å². The van der Waals surface area contributed by atoms with E-state index < -0.39 is 0 Å². The van der Waals surface area contributed by atoms with Gasteiger partial charge in [0, 0.05) is 6.20 Å². The Morgan fingerprint density at radius 3 is 2.71 bits per heavy atom. The maximum absolute atomic E-state index is 5.61. The Hall–Kier alpha value is -1.21. The van der Waals surface area contributed by atoms with Crippen LogP contribution < -0.4 is 5.73 Å². The average Bonchev–Trinajstić information content (AvgIpc) is 2.50. The number of aromatic nitrogens is 5. The third-order valence-corrected chi connectivity index (χ3v) is 1.95. The first-order valence-electron chi connectivity index (χ1n) is 3.53. The van der Waals surface area contributed by atoms with Gasteiger partial charge in [-0.1, -0.05) is 0 Å². The second kappa shape index (κ2) is 3.50. The summed E-state index contributed by atoms with van der Waals surface area (Å²) in [6.07, 6.45) is 3.29. The van der Waals surface area contributed by atoms with Crippen LogP contribution in [0.5, 0.6) is 0 Å². The summed E-state index contributed by atoms with van der Waals surface area (Å²) in [5.74, 6) is 0.347. The Morgan fingerprint density at radius 1 is 1.36 bits per heavy atom. The molecule has 0 aliphatic heterocycles. The molecule has 0 bridgehead atoms. The fraction of sp³-hybridized carbons (Fsp3) is 0. The van der Waals surface area contributed by atoms with Crippen molar-refractivity contribution in [3.05, 3.63) is 22.1 Å². The van der Waals surface area contributed by atoms with E-state index in [0.29, 0.717) is 0 Å². The van der Waals surface area contributed by atoms with E-state index in [-0.39, 0.29) is 17.2 Å². The van der Waals surface area contributed by atoms with Crippen LogP contribution in [0, 0.1) is 0 Å². The Balaban J connectivity index is 2.51. The van der Waals surface area contributed by atoms with E-state index >= 15 is 0 Å². The van der Waals surface area contributed by atoms with Crippen molar-refractivity contribution < 1.29 is 0 Å². The maximum Gasteiger partial charge on any atom is 0.256 e. The first-order valence-corrected chi connectivity index (χ1v) is 4.70. The van der Waals surface area contributed by atoms with Crippen LogP contribution in [0.3, 0.4) is 0 Å². The molecule has 2 aromatic heterocycles. The molecule has 8 heteroatoms. The van der Waals surface area contributed by atoms with Crippen molar-refractivity contribution in [2.75, 3.05) is 5.73 Å². The summed E-state index contributed by atoms with van der Waals surface area (Å²) in [5, 5.41) is 4.01. The van der Waals surface area contributed by atoms with Gasteiger partial charge in [0.15, 0.2) is 0 Å². The molecule has 0 radical (unpaired) electrons. The third kappa shape index (κ3) is 1.83. The monoisotopic (exact) mass is 274 g/mol. The normalized spacial score (nSPS) is 10.4. The van der Waals surface area contributed by atoms with Gasteiger partial charge in [-0.15, -0.1) is 0 Å². The van der Waals surface area contributed by atoms with Gasteiger partial charge in [-0.2, -0.15) is 20.1 Å². The summed E-state index contributed by atoms with van der Waals surface area (Å²) in [6, 6.07) is 0. The zero-order valence-electron chi connectivity index (χ0n) is 6.72. The standard InChI is InChI=1S/C6H4BrClN6/c7-3-1-10-14(2-3)6-12-4(8)11-5(9)13-6/h1-2H,(H2,9,11,12,13). The molecule has 14 heavy (non-hydrogen) atoms. The Kier molecular flexibility index (Phi) is 2.34. The first-order chi connectivity index (χ1) is 6.65. The smallest absolute Gasteiger partial charge is 0.256 e. The van der Waals surface area contributed by atoms with E-state index in [2.05, 4.69) is 36.0 Å². The van der Waals surface area contributed by atoms with Gasteiger partial charge in [0.25, 0.3) is 5.95 Å². The molecule has 0 unspecified atom stereocenters. The van der Waals surface area contributed by atoms with Crippen LogP contribution >= 0.6 is 27.5 Å². The summed E-state index contributed by atoms with van der Waals surface area (Å²) >= 11 is 8.86. The number of rotatable bonds is 1. The number of hydrogen-bond donors (Lipinski definition) is 1. The van der Waals surface area contributed by atoms with Gasteiger partial charge in [0.2, 0.25) is 11.2 Å². The molecule has 2 aromatic rings. The topological polar surface area (TPSA) is 82.5 Å². The van der Waals surface area contributed by atoms with Crippen LogP contribution in [0.2, 0.25) is 5.28 Å². The van der Waals surface area contributed by atoms with Gasteiger partial charge >= 0.3 is 0 Å². The lowest BCUT2D eigenvalue weighted by atomic mass is 10.7. The lowest BCUT2D eigenvalue weighted by Crippen LogP contribution is -2.06. The minimum absolute atomic E-state index is 0.0409. The van der Waals surface area contributed by atoms with Gasteiger partial charge in [-0.3, -0.25) is 0 Å². The highest BCUT2D eigenvalue weighted by Crippen LogP contribution is 2.11. The summed E-state index contributed by atoms with van der Waals surface area (Å²) in [7, 11) is 0. The number of nitrogens with zero attached hydrogens (tertiary/aromatic N) is 5. The SMILES string of the molecule is Nc1nc(Cl)nc(-n2cc(Br)cn2)n1. The molecular formula is C6H4BrClN6. The zero-order chi connectivity index (χ0) is 10.1. The maximum atomic E-state index is 5.61. The Morgan fingerprint density at radius 2 is 2.14 bits per heavy atom. The summed E-state index contributed by atoms with van der Waals surface area (Å²) < 4.78 is 2.25. The molecule has 2 N–H and O–H groups in total. The zero-order valence-corrected chi connectivity index (χ0v) is 9.07. The van der Waals surface area contributed by atoms with Crippen molar-refractivity contribution in [2.24, 2.45) is 0 Å². The molecule has 0 fully saturated rings. The highest BCUT2D eigenvalue weighted by Gasteiger charge is 2.05. The molecule has 0 spiro atoms. The van der Waals surface area contributed by atoms with E-state index in [1.54, 1.807) is 12.4 Å². The highest BCUT2D eigenvalue weighted by atomic mass is 79.9. The first kappa shape index (κ1) is 9.35. The third-order valence-electron chi connectivity index (χ3n) is 1.37. The summed E-state index contributed by atoms with van der Waals surface area (Å²) in [4.78, 5) is 11.4. The molecule has 0 aliphatic rings. The van der Waals surface area contributed by atoms with Crippen molar-refractivity contribution in [2.45, 2.75) is 0 Å². The van der Waals surface area contributed by atoms with Crippen LogP contribution in [-0.2, 0) is 0 Å². The fourth-order valence-corrected chi connectivity index (χ4v) is 1.31. The predicted molar refractivity (Wildman–Crippen MR) is 54.1 cm³/mol. The van der Waals surface area contributed by atoms with Gasteiger partial charge in [0.05, 0.1) is 10.7 Å². The quantitative estimate of drug-likeness (QED) is 0.841. The second-order valence-corrected chi connectivity index (χ2v) is 3.62. The van der Waals surface area contributed by atoms with E-state index in [0.717, 1.165) is 4.47 Å². The average molecular weight is 275 g/mol. The molecule has 0 aliphatic carbocycles. The van der Waals surface area contributed by atoms with E-state index in [9.17, 15) is 0 Å². The lowest BCUT2D eigenvalue weighted by Gasteiger charge is -1.99. The number of nitrogens with two attached hydrogens (primary N) is 1. The molecule has 0 aromatic carbocycles. The largest absolute Gasteiger partial charge is 0.368 e. The number of hydrogen-bond acceptors (Lipinski definition) is 5. The highest BCUT2D eigenvalue weighted by molar-refractivity contribution is 9.10. The van der Waals surface area contributed by atoms with Crippen molar-refractivity contribution >= 4 is 33.5 Å². The van der Waals surface area contributed by atoms with Gasteiger partial charge in [-0.25, -0.2) is 4.68 Å². The van der Waals surface area contributed by atoms with Crippen LogP contribution in [-0.4, -0.2) is 24.7 Å². The van der Waals surface area contributed by atoms with Crippen LogP contribution in [0.15, 0.2) is 16.9 Å². The van der Waals surface area contributed by atoms with Crippen LogP contribution in [0.4, 0.5) is 5.95 Å². The van der Waals surface area contributed by atoms with Crippen molar-refractivity contribution in [1.29, 1.82) is 0 Å². The minimum Gasteiger partial charge on any atom is -0.368 e. The predicted octanol–water partition coefficient (Wildman–Crippen LogP) is 1.06. The van der Waals surface area contributed by atoms with Crippen LogP contribution in [0.1, 0.15) is 0 Å². The fourth-order valence-electron chi connectivity index (χ4n) is 0.867. The minimum atomic E-state index is 0.0409. The Bertz CT molecular complexity index is 449. The molecule has 2 heterocycles. The van der Waals surface area contributed by atoms with Gasteiger partial charge in [-0.05, 0) is 27.5 Å². The molecule has 72 valence electrons. The summed E-state index contributed by atoms with van der Waals surface area (Å²) in [5.41, 5.74) is 5.40. The van der Waals surface area contributed by atoms with Crippen LogP contribution in [0.25, 0.3) is 5.95 Å². The number of anilines is 1. The molecule has 0 atom stereocenters. The molecule has 2 rings (SSSR count). The molecule has 0 saturated heterocycles. The molecule has 0 saturated carbocycles. The van der Waals surface area contributed by atoms with Gasteiger partial charge in [0.1, 0.15) is 0 Å². The molecule has 0 amide bonds. The molecule has 6 nitrogen and oxygen atoms in total. The van der Waals surface area contributed by atoms with Crippen molar-refractivity contribution in [1.82, 2.24) is 24.7 Å². The van der Waals surface area contributed by atoms with Gasteiger partial charge < -0.3 is 5.73 Å².